The van der Waals surface area contributed by atoms with Gasteiger partial charge in [-0.3, -0.25) is 9.80 Å². The molecule has 2 aromatic heterocycles. The van der Waals surface area contributed by atoms with Crippen LogP contribution in [0, 0.1) is 6.92 Å². The Balaban J connectivity index is 1.52. The molecule has 3 rings (SSSR count). The molecule has 0 aromatic carbocycles. The van der Waals surface area contributed by atoms with Gasteiger partial charge in [0, 0.05) is 45.2 Å². The molecule has 1 unspecified atom stereocenters. The Bertz CT molecular complexity index is 601. The van der Waals surface area contributed by atoms with Crippen molar-refractivity contribution in [2.75, 3.05) is 26.2 Å². The summed E-state index contributed by atoms with van der Waals surface area (Å²) in [5, 5.41) is 8.04. The van der Waals surface area contributed by atoms with Crippen molar-refractivity contribution in [3.05, 3.63) is 29.2 Å². The van der Waals surface area contributed by atoms with E-state index in [-0.39, 0.29) is 6.04 Å². The summed E-state index contributed by atoms with van der Waals surface area (Å²) in [5.41, 5.74) is 1.00. The van der Waals surface area contributed by atoms with Crippen molar-refractivity contribution in [1.29, 1.82) is 0 Å². The second kappa shape index (κ2) is 6.58. The van der Waals surface area contributed by atoms with Crippen LogP contribution in [0.5, 0.6) is 0 Å². The van der Waals surface area contributed by atoms with Crippen molar-refractivity contribution in [3.8, 4) is 0 Å². The van der Waals surface area contributed by atoms with E-state index >= 15 is 0 Å². The van der Waals surface area contributed by atoms with E-state index in [4.69, 9.17) is 9.05 Å². The summed E-state index contributed by atoms with van der Waals surface area (Å²) in [6.45, 7) is 10.9. The first-order chi connectivity index (χ1) is 10.7. The van der Waals surface area contributed by atoms with Gasteiger partial charge >= 0.3 is 0 Å². The fraction of sp³-hybridized carbons (Fsp3) is 0.667. The van der Waals surface area contributed by atoms with Gasteiger partial charge in [-0.2, -0.15) is 4.98 Å². The van der Waals surface area contributed by atoms with Gasteiger partial charge in [0.15, 0.2) is 5.82 Å². The van der Waals surface area contributed by atoms with Crippen LogP contribution in [0.15, 0.2) is 15.1 Å². The van der Waals surface area contributed by atoms with Gasteiger partial charge < -0.3 is 9.05 Å². The lowest BCUT2D eigenvalue weighted by atomic mass is 10.2. The fourth-order valence-corrected chi connectivity index (χ4v) is 2.77. The number of piperazine rings is 1. The lowest BCUT2D eigenvalue weighted by molar-refractivity contribution is 0.0833. The molecule has 0 amide bonds. The summed E-state index contributed by atoms with van der Waals surface area (Å²) in [4.78, 5) is 9.22. The zero-order valence-corrected chi connectivity index (χ0v) is 13.4. The van der Waals surface area contributed by atoms with E-state index in [9.17, 15) is 0 Å². The van der Waals surface area contributed by atoms with Gasteiger partial charge in [0.05, 0.1) is 11.7 Å². The van der Waals surface area contributed by atoms with E-state index < -0.39 is 0 Å². The van der Waals surface area contributed by atoms with Gasteiger partial charge in [-0.1, -0.05) is 17.2 Å². The first-order valence-corrected chi connectivity index (χ1v) is 7.86. The quantitative estimate of drug-likeness (QED) is 0.834. The smallest absolute Gasteiger partial charge is 0.243 e. The second-order valence-corrected chi connectivity index (χ2v) is 5.82. The van der Waals surface area contributed by atoms with Gasteiger partial charge in [-0.05, 0) is 13.8 Å². The van der Waals surface area contributed by atoms with Gasteiger partial charge in [-0.25, -0.2) is 0 Å². The van der Waals surface area contributed by atoms with Crippen molar-refractivity contribution >= 4 is 0 Å². The highest BCUT2D eigenvalue weighted by Gasteiger charge is 2.25. The van der Waals surface area contributed by atoms with Crippen LogP contribution < -0.4 is 0 Å². The number of aromatic nitrogens is 3. The summed E-state index contributed by atoms with van der Waals surface area (Å²) >= 11 is 0. The molecule has 0 spiro atoms. The Morgan fingerprint density at radius 2 is 1.95 bits per heavy atom. The highest BCUT2D eigenvalue weighted by atomic mass is 16.5. The minimum Gasteiger partial charge on any atom is -0.361 e. The van der Waals surface area contributed by atoms with Gasteiger partial charge in [-0.15, -0.1) is 0 Å². The predicted octanol–water partition coefficient (Wildman–Crippen LogP) is 1.81. The van der Waals surface area contributed by atoms with E-state index in [0.717, 1.165) is 62.3 Å². The molecule has 1 aliphatic rings. The van der Waals surface area contributed by atoms with E-state index in [1.165, 1.54) is 0 Å². The maximum atomic E-state index is 5.36. The zero-order chi connectivity index (χ0) is 15.5. The Morgan fingerprint density at radius 1 is 1.18 bits per heavy atom. The molecule has 0 saturated carbocycles. The standard InChI is InChI=1S/C15H23N5O2/c1-4-14-16-15(22-18-14)12(3)20-7-5-19(6-8-20)10-13-9-11(2)21-17-13/h9,12H,4-8,10H2,1-3H3. The van der Waals surface area contributed by atoms with E-state index in [1.807, 2.05) is 19.9 Å². The molecule has 1 fully saturated rings. The summed E-state index contributed by atoms with van der Waals surface area (Å²) < 4.78 is 10.5. The molecule has 22 heavy (non-hydrogen) atoms. The molecule has 1 atom stereocenters. The molecule has 0 N–H and O–H groups in total. The van der Waals surface area contributed by atoms with Crippen LogP contribution in [0.1, 0.15) is 43.1 Å². The topological polar surface area (TPSA) is 71.4 Å². The third-order valence-electron chi connectivity index (χ3n) is 4.17. The maximum Gasteiger partial charge on any atom is 0.243 e. The minimum absolute atomic E-state index is 0.171. The van der Waals surface area contributed by atoms with Gasteiger partial charge in [0.1, 0.15) is 5.76 Å². The summed E-state index contributed by atoms with van der Waals surface area (Å²) in [7, 11) is 0. The summed E-state index contributed by atoms with van der Waals surface area (Å²) in [6, 6.07) is 2.17. The normalized spacial score (nSPS) is 18.7. The average Bonchev–Trinajstić information content (AvgIpc) is 3.16. The van der Waals surface area contributed by atoms with Crippen LogP contribution in [0.3, 0.4) is 0 Å². The first kappa shape index (κ1) is 15.2. The van der Waals surface area contributed by atoms with Crippen LogP contribution in [0.25, 0.3) is 0 Å². The lowest BCUT2D eigenvalue weighted by Gasteiger charge is -2.36. The average molecular weight is 305 g/mol. The van der Waals surface area contributed by atoms with E-state index in [0.29, 0.717) is 0 Å². The Morgan fingerprint density at radius 3 is 2.55 bits per heavy atom. The van der Waals surface area contributed by atoms with Crippen molar-refractivity contribution in [2.24, 2.45) is 0 Å². The van der Waals surface area contributed by atoms with Crippen molar-refractivity contribution in [1.82, 2.24) is 25.1 Å². The van der Waals surface area contributed by atoms with Crippen LogP contribution in [0.4, 0.5) is 0 Å². The minimum atomic E-state index is 0.171. The van der Waals surface area contributed by atoms with Gasteiger partial charge in [0.25, 0.3) is 0 Å². The molecular weight excluding hydrogens is 282 g/mol. The van der Waals surface area contributed by atoms with E-state index in [1.54, 1.807) is 0 Å². The highest BCUT2D eigenvalue weighted by molar-refractivity contribution is 5.03. The van der Waals surface area contributed by atoms with Crippen molar-refractivity contribution in [3.63, 3.8) is 0 Å². The SMILES string of the molecule is CCc1noc(C(C)N2CCN(Cc3cc(C)on3)CC2)n1. The third kappa shape index (κ3) is 3.36. The molecule has 3 heterocycles. The fourth-order valence-electron chi connectivity index (χ4n) is 2.77. The molecule has 0 radical (unpaired) electrons. The van der Waals surface area contributed by atoms with Crippen LogP contribution in [0.2, 0.25) is 0 Å². The largest absolute Gasteiger partial charge is 0.361 e. The van der Waals surface area contributed by atoms with Crippen LogP contribution in [-0.2, 0) is 13.0 Å². The Labute approximate surface area is 130 Å². The molecule has 2 aromatic rings. The molecule has 1 aliphatic heterocycles. The van der Waals surface area contributed by atoms with Gasteiger partial charge in [0.2, 0.25) is 5.89 Å². The molecular formula is C15H23N5O2. The molecule has 0 bridgehead atoms. The van der Waals surface area contributed by atoms with Crippen molar-refractivity contribution < 1.29 is 9.05 Å². The number of rotatable bonds is 5. The Kier molecular flexibility index (Phi) is 4.54. The van der Waals surface area contributed by atoms with Crippen LogP contribution in [-0.4, -0.2) is 51.3 Å². The number of aryl methyl sites for hydroxylation is 2. The number of hydrogen-bond donors (Lipinski definition) is 0. The predicted molar refractivity (Wildman–Crippen MR) is 80.2 cm³/mol. The van der Waals surface area contributed by atoms with E-state index in [2.05, 4.69) is 32.0 Å². The van der Waals surface area contributed by atoms with Crippen molar-refractivity contribution in [2.45, 2.75) is 39.8 Å². The molecule has 7 nitrogen and oxygen atoms in total. The molecule has 120 valence electrons. The van der Waals surface area contributed by atoms with Crippen LogP contribution >= 0.6 is 0 Å². The molecule has 1 saturated heterocycles. The highest BCUT2D eigenvalue weighted by Crippen LogP contribution is 2.20. The number of hydrogen-bond acceptors (Lipinski definition) is 7. The summed E-state index contributed by atoms with van der Waals surface area (Å²) in [5.74, 6) is 2.37. The first-order valence-electron chi connectivity index (χ1n) is 7.86. The second-order valence-electron chi connectivity index (χ2n) is 5.82. The molecule has 0 aliphatic carbocycles. The zero-order valence-electron chi connectivity index (χ0n) is 13.4. The maximum absolute atomic E-state index is 5.36. The third-order valence-corrected chi connectivity index (χ3v) is 4.17. The Hall–Kier alpha value is -1.73. The summed E-state index contributed by atoms with van der Waals surface area (Å²) in [6.07, 6.45) is 0.807. The number of nitrogens with zero attached hydrogens (tertiary/aromatic N) is 5. The lowest BCUT2D eigenvalue weighted by Crippen LogP contribution is -2.46. The monoisotopic (exact) mass is 305 g/mol. The molecule has 7 heteroatoms.